The van der Waals surface area contributed by atoms with Crippen LogP contribution in [0, 0.1) is 0 Å². The molecule has 0 aliphatic rings. The maximum atomic E-state index is 12.2. The Hall–Kier alpha value is -3.07. The molecule has 0 saturated heterocycles. The normalized spacial score (nSPS) is 10.4. The third-order valence-electron chi connectivity index (χ3n) is 3.52. The Morgan fingerprint density at radius 2 is 2.00 bits per heavy atom. The molecule has 3 aromatic rings. The predicted octanol–water partition coefficient (Wildman–Crippen LogP) is 2.80. The molecule has 1 aromatic heterocycles. The van der Waals surface area contributed by atoms with Crippen molar-refractivity contribution in [1.29, 1.82) is 0 Å². The van der Waals surface area contributed by atoms with E-state index >= 15 is 0 Å². The van der Waals surface area contributed by atoms with E-state index in [2.05, 4.69) is 20.8 Å². The SMILES string of the molecule is CCOc1ccc(NC(=O)CSc2nnnn2-c2cccc(OC)c2)cc1. The van der Waals surface area contributed by atoms with Crippen molar-refractivity contribution in [2.24, 2.45) is 0 Å². The zero-order valence-electron chi connectivity index (χ0n) is 15.0. The number of nitrogens with zero attached hydrogens (tertiary/aromatic N) is 4. The van der Waals surface area contributed by atoms with Crippen LogP contribution in [0.4, 0.5) is 5.69 Å². The van der Waals surface area contributed by atoms with Gasteiger partial charge in [0.1, 0.15) is 11.5 Å². The summed E-state index contributed by atoms with van der Waals surface area (Å²) < 4.78 is 12.2. The van der Waals surface area contributed by atoms with Crippen LogP contribution in [0.1, 0.15) is 6.92 Å². The largest absolute Gasteiger partial charge is 0.497 e. The van der Waals surface area contributed by atoms with E-state index in [1.807, 2.05) is 43.3 Å². The zero-order chi connectivity index (χ0) is 19.1. The lowest BCUT2D eigenvalue weighted by molar-refractivity contribution is -0.113. The maximum absolute atomic E-state index is 12.2. The molecule has 8 nitrogen and oxygen atoms in total. The van der Waals surface area contributed by atoms with Gasteiger partial charge in [-0.3, -0.25) is 4.79 Å². The minimum absolute atomic E-state index is 0.149. The average molecular weight is 385 g/mol. The van der Waals surface area contributed by atoms with Crippen molar-refractivity contribution in [3.8, 4) is 17.2 Å². The Morgan fingerprint density at radius 1 is 1.19 bits per heavy atom. The van der Waals surface area contributed by atoms with Crippen LogP contribution in [-0.2, 0) is 4.79 Å². The number of hydrogen-bond acceptors (Lipinski definition) is 7. The number of ether oxygens (including phenoxy) is 2. The Balaban J connectivity index is 1.60. The molecule has 0 atom stereocenters. The molecule has 0 spiro atoms. The Kier molecular flexibility index (Phi) is 6.26. The molecule has 0 aliphatic heterocycles. The molecule has 0 aliphatic carbocycles. The van der Waals surface area contributed by atoms with E-state index in [0.717, 1.165) is 11.4 Å². The summed E-state index contributed by atoms with van der Waals surface area (Å²) in [6.45, 7) is 2.52. The van der Waals surface area contributed by atoms with E-state index in [-0.39, 0.29) is 11.7 Å². The molecule has 1 amide bonds. The second kappa shape index (κ2) is 9.04. The first kappa shape index (κ1) is 18.7. The fourth-order valence-electron chi connectivity index (χ4n) is 2.30. The quantitative estimate of drug-likeness (QED) is 0.596. The fourth-order valence-corrected chi connectivity index (χ4v) is 2.99. The van der Waals surface area contributed by atoms with Crippen LogP contribution < -0.4 is 14.8 Å². The third-order valence-corrected chi connectivity index (χ3v) is 4.44. The number of anilines is 1. The molecular formula is C18H19N5O3S. The molecule has 2 aromatic carbocycles. The number of hydrogen-bond donors (Lipinski definition) is 1. The van der Waals surface area contributed by atoms with Gasteiger partial charge in [0.25, 0.3) is 0 Å². The summed E-state index contributed by atoms with van der Waals surface area (Å²) in [7, 11) is 1.60. The van der Waals surface area contributed by atoms with Gasteiger partial charge in [0.15, 0.2) is 0 Å². The number of carbonyl (C=O) groups is 1. The molecule has 3 rings (SSSR count). The second-order valence-electron chi connectivity index (χ2n) is 5.37. The van der Waals surface area contributed by atoms with E-state index in [4.69, 9.17) is 9.47 Å². The topological polar surface area (TPSA) is 91.2 Å². The van der Waals surface area contributed by atoms with Crippen LogP contribution in [0.2, 0.25) is 0 Å². The average Bonchev–Trinajstić information content (AvgIpc) is 3.17. The monoisotopic (exact) mass is 385 g/mol. The Bertz CT molecular complexity index is 898. The van der Waals surface area contributed by atoms with Gasteiger partial charge in [0, 0.05) is 11.8 Å². The molecule has 0 saturated carbocycles. The van der Waals surface area contributed by atoms with Gasteiger partial charge in [0.2, 0.25) is 11.1 Å². The van der Waals surface area contributed by atoms with E-state index in [9.17, 15) is 4.79 Å². The van der Waals surface area contributed by atoms with Gasteiger partial charge >= 0.3 is 0 Å². The standard InChI is InChI=1S/C18H19N5O3S/c1-3-26-15-9-7-13(8-10-15)19-17(24)12-27-18-20-21-22-23(18)14-5-4-6-16(11-14)25-2/h4-11H,3,12H2,1-2H3,(H,19,24). The van der Waals surface area contributed by atoms with Crippen molar-refractivity contribution in [3.63, 3.8) is 0 Å². The molecule has 1 N–H and O–H groups in total. The minimum Gasteiger partial charge on any atom is -0.497 e. The molecule has 0 fully saturated rings. The van der Waals surface area contributed by atoms with Crippen LogP contribution in [-0.4, -0.2) is 45.6 Å². The molecule has 27 heavy (non-hydrogen) atoms. The van der Waals surface area contributed by atoms with Gasteiger partial charge in [0.05, 0.1) is 25.2 Å². The van der Waals surface area contributed by atoms with Gasteiger partial charge in [-0.25, -0.2) is 0 Å². The number of nitrogens with one attached hydrogen (secondary N) is 1. The highest BCUT2D eigenvalue weighted by atomic mass is 32.2. The number of aromatic nitrogens is 4. The number of methoxy groups -OCH3 is 1. The van der Waals surface area contributed by atoms with Crippen LogP contribution in [0.25, 0.3) is 5.69 Å². The number of carbonyl (C=O) groups excluding carboxylic acids is 1. The summed E-state index contributed by atoms with van der Waals surface area (Å²) in [6.07, 6.45) is 0. The smallest absolute Gasteiger partial charge is 0.234 e. The van der Waals surface area contributed by atoms with Crippen LogP contribution in [0.5, 0.6) is 11.5 Å². The number of thioether (sulfide) groups is 1. The third kappa shape index (κ3) is 4.98. The van der Waals surface area contributed by atoms with Gasteiger partial charge in [-0.15, -0.1) is 5.10 Å². The summed E-state index contributed by atoms with van der Waals surface area (Å²) >= 11 is 1.25. The summed E-state index contributed by atoms with van der Waals surface area (Å²) in [5.41, 5.74) is 1.46. The van der Waals surface area contributed by atoms with Crippen LogP contribution in [0.3, 0.4) is 0 Å². The van der Waals surface area contributed by atoms with Crippen molar-refractivity contribution < 1.29 is 14.3 Å². The lowest BCUT2D eigenvalue weighted by atomic mass is 10.3. The van der Waals surface area contributed by atoms with E-state index in [1.54, 1.807) is 23.9 Å². The zero-order valence-corrected chi connectivity index (χ0v) is 15.8. The highest BCUT2D eigenvalue weighted by Crippen LogP contribution is 2.22. The van der Waals surface area contributed by atoms with Crippen molar-refractivity contribution in [1.82, 2.24) is 20.2 Å². The maximum Gasteiger partial charge on any atom is 0.234 e. The summed E-state index contributed by atoms with van der Waals surface area (Å²) in [5, 5.41) is 15.0. The van der Waals surface area contributed by atoms with Gasteiger partial charge in [-0.05, 0) is 53.7 Å². The molecule has 1 heterocycles. The molecular weight excluding hydrogens is 366 g/mol. The van der Waals surface area contributed by atoms with Crippen molar-refractivity contribution in [2.75, 3.05) is 24.8 Å². The Morgan fingerprint density at radius 3 is 2.74 bits per heavy atom. The highest BCUT2D eigenvalue weighted by Gasteiger charge is 2.12. The first-order valence-corrected chi connectivity index (χ1v) is 9.26. The van der Waals surface area contributed by atoms with E-state index in [0.29, 0.717) is 23.2 Å². The molecule has 0 unspecified atom stereocenters. The van der Waals surface area contributed by atoms with Gasteiger partial charge in [-0.1, -0.05) is 17.8 Å². The highest BCUT2D eigenvalue weighted by molar-refractivity contribution is 7.99. The van der Waals surface area contributed by atoms with Crippen LogP contribution >= 0.6 is 11.8 Å². The summed E-state index contributed by atoms with van der Waals surface area (Å²) in [6, 6.07) is 14.6. The van der Waals surface area contributed by atoms with Gasteiger partial charge < -0.3 is 14.8 Å². The molecule has 9 heteroatoms. The van der Waals surface area contributed by atoms with Crippen molar-refractivity contribution in [2.45, 2.75) is 12.1 Å². The summed E-state index contributed by atoms with van der Waals surface area (Å²) in [5.74, 6) is 1.50. The molecule has 140 valence electrons. The first-order valence-electron chi connectivity index (χ1n) is 8.28. The lowest BCUT2D eigenvalue weighted by Gasteiger charge is -2.08. The number of amides is 1. The van der Waals surface area contributed by atoms with Crippen molar-refractivity contribution in [3.05, 3.63) is 48.5 Å². The minimum atomic E-state index is -0.149. The van der Waals surface area contributed by atoms with E-state index < -0.39 is 0 Å². The second-order valence-corrected chi connectivity index (χ2v) is 6.31. The lowest BCUT2D eigenvalue weighted by Crippen LogP contribution is -2.14. The van der Waals surface area contributed by atoms with Crippen LogP contribution in [0.15, 0.2) is 53.7 Å². The van der Waals surface area contributed by atoms with E-state index in [1.165, 1.54) is 11.8 Å². The fraction of sp³-hybridized carbons (Fsp3) is 0.222. The predicted molar refractivity (Wildman–Crippen MR) is 103 cm³/mol. The summed E-state index contributed by atoms with van der Waals surface area (Å²) in [4.78, 5) is 12.2. The molecule has 0 bridgehead atoms. The number of rotatable bonds is 8. The first-order chi connectivity index (χ1) is 13.2. The van der Waals surface area contributed by atoms with Crippen molar-refractivity contribution >= 4 is 23.4 Å². The molecule has 0 radical (unpaired) electrons. The number of tetrazole rings is 1. The Labute approximate surface area is 160 Å². The number of benzene rings is 2. The van der Waals surface area contributed by atoms with Gasteiger partial charge in [-0.2, -0.15) is 4.68 Å².